The summed E-state index contributed by atoms with van der Waals surface area (Å²) in [6.07, 6.45) is 4.42. The molecule has 0 spiro atoms. The summed E-state index contributed by atoms with van der Waals surface area (Å²) < 4.78 is 27.2. The van der Waals surface area contributed by atoms with Gasteiger partial charge < -0.3 is 15.1 Å². The maximum atomic E-state index is 13.6. The molecule has 8 heteroatoms. The van der Waals surface area contributed by atoms with E-state index in [2.05, 4.69) is 22.4 Å². The molecular weight excluding hydrogens is 482 g/mol. The number of benzene rings is 2. The minimum absolute atomic E-state index is 0.0332. The molecule has 190 valence electrons. The van der Waals surface area contributed by atoms with Crippen LogP contribution < -0.4 is 5.32 Å². The Morgan fingerprint density at radius 2 is 2.14 bits per heavy atom. The van der Waals surface area contributed by atoms with Crippen molar-refractivity contribution in [1.82, 2.24) is 9.80 Å². The lowest BCUT2D eigenvalue weighted by molar-refractivity contribution is 0.155. The Hall–Kier alpha value is -2.69. The zero-order chi connectivity index (χ0) is 25.3. The molecule has 1 N–H and O–H groups in total. The lowest BCUT2D eigenvalue weighted by Crippen LogP contribution is -2.46. The Bertz CT molecular complexity index is 1170. The number of likely N-dealkylation sites (tertiary alicyclic amines) is 1. The third kappa shape index (κ3) is 5.21. The van der Waals surface area contributed by atoms with Crippen molar-refractivity contribution >= 4 is 23.3 Å². The molecule has 36 heavy (non-hydrogen) atoms. The zero-order valence-corrected chi connectivity index (χ0v) is 21.0. The van der Waals surface area contributed by atoms with E-state index in [4.69, 9.17) is 11.6 Å². The highest BCUT2D eigenvalue weighted by molar-refractivity contribution is 6.31. The van der Waals surface area contributed by atoms with Crippen molar-refractivity contribution in [3.63, 3.8) is 0 Å². The van der Waals surface area contributed by atoms with Gasteiger partial charge in [0.1, 0.15) is 12.0 Å². The van der Waals surface area contributed by atoms with Crippen molar-refractivity contribution in [2.24, 2.45) is 5.92 Å². The molecule has 4 unspecified atom stereocenters. The second-order valence-corrected chi connectivity index (χ2v) is 10.9. The first kappa shape index (κ1) is 25.0. The number of halogens is 3. The Morgan fingerprint density at radius 3 is 2.86 bits per heavy atom. The van der Waals surface area contributed by atoms with Gasteiger partial charge in [-0.05, 0) is 92.3 Å². The minimum Gasteiger partial charge on any atom is -0.321 e. The SMILES string of the molecule is N#Cc1cccc(C23CCC(N(CCCN4CCC(F)C4)C(=O)Nc4ccc(F)c(Cl)c4)CC2C3)c1. The van der Waals surface area contributed by atoms with Crippen LogP contribution in [0.5, 0.6) is 0 Å². The van der Waals surface area contributed by atoms with Crippen LogP contribution >= 0.6 is 11.6 Å². The fourth-order valence-corrected chi connectivity index (χ4v) is 6.40. The Labute approximate surface area is 216 Å². The summed E-state index contributed by atoms with van der Waals surface area (Å²) in [5.74, 6) is -0.0484. The molecule has 1 aliphatic heterocycles. The van der Waals surface area contributed by atoms with Gasteiger partial charge in [-0.3, -0.25) is 0 Å². The number of carbonyl (C=O) groups is 1. The number of nitrogens with one attached hydrogen (secondary N) is 1. The van der Waals surface area contributed by atoms with Crippen LogP contribution in [0.1, 0.15) is 49.7 Å². The van der Waals surface area contributed by atoms with Gasteiger partial charge in [-0.1, -0.05) is 23.7 Å². The maximum Gasteiger partial charge on any atom is 0.322 e. The highest BCUT2D eigenvalue weighted by Gasteiger charge is 2.58. The van der Waals surface area contributed by atoms with Gasteiger partial charge >= 0.3 is 6.03 Å². The van der Waals surface area contributed by atoms with E-state index >= 15 is 0 Å². The molecule has 2 amide bonds. The van der Waals surface area contributed by atoms with Crippen molar-refractivity contribution in [2.45, 2.75) is 56.2 Å². The molecule has 2 aromatic rings. The molecule has 2 aliphatic carbocycles. The summed E-state index contributed by atoms with van der Waals surface area (Å²) in [4.78, 5) is 17.4. The first-order valence-electron chi connectivity index (χ1n) is 12.8. The van der Waals surface area contributed by atoms with Crippen LogP contribution in [-0.2, 0) is 5.41 Å². The molecule has 1 saturated heterocycles. The predicted molar refractivity (Wildman–Crippen MR) is 136 cm³/mol. The lowest BCUT2D eigenvalue weighted by atomic mass is 9.80. The van der Waals surface area contributed by atoms with Crippen LogP contribution in [0.2, 0.25) is 5.02 Å². The second-order valence-electron chi connectivity index (χ2n) is 10.5. The average molecular weight is 513 g/mol. The molecule has 5 rings (SSSR count). The summed E-state index contributed by atoms with van der Waals surface area (Å²) in [5.41, 5.74) is 2.49. The van der Waals surface area contributed by atoms with Crippen molar-refractivity contribution in [2.75, 3.05) is 31.5 Å². The quantitative estimate of drug-likeness (QED) is 0.485. The van der Waals surface area contributed by atoms with Crippen LogP contribution in [0, 0.1) is 23.1 Å². The number of nitriles is 1. The van der Waals surface area contributed by atoms with Crippen LogP contribution in [0.15, 0.2) is 42.5 Å². The van der Waals surface area contributed by atoms with Crippen molar-refractivity contribution < 1.29 is 13.6 Å². The minimum atomic E-state index is -0.756. The molecule has 4 atom stereocenters. The van der Waals surface area contributed by atoms with E-state index in [0.717, 1.165) is 45.2 Å². The highest BCUT2D eigenvalue weighted by Crippen LogP contribution is 2.62. The van der Waals surface area contributed by atoms with Gasteiger partial charge in [0.15, 0.2) is 0 Å². The van der Waals surface area contributed by atoms with Crippen LogP contribution in [0.25, 0.3) is 0 Å². The fraction of sp³-hybridized carbons (Fsp3) is 0.500. The Kier molecular flexibility index (Phi) is 7.18. The second kappa shape index (κ2) is 10.4. The van der Waals surface area contributed by atoms with Gasteiger partial charge in [-0.2, -0.15) is 5.26 Å². The summed E-state index contributed by atoms with van der Waals surface area (Å²) in [6.45, 7) is 2.56. The third-order valence-electron chi connectivity index (χ3n) is 8.24. The molecule has 5 nitrogen and oxygen atoms in total. The van der Waals surface area contributed by atoms with Gasteiger partial charge in [-0.15, -0.1) is 0 Å². The average Bonchev–Trinajstić information content (AvgIpc) is 3.48. The Morgan fingerprint density at radius 1 is 1.28 bits per heavy atom. The zero-order valence-electron chi connectivity index (χ0n) is 20.2. The van der Waals surface area contributed by atoms with E-state index in [1.54, 1.807) is 0 Å². The van der Waals surface area contributed by atoms with Gasteiger partial charge in [0.05, 0.1) is 16.7 Å². The molecule has 0 bridgehead atoms. The van der Waals surface area contributed by atoms with Crippen molar-refractivity contribution in [3.05, 3.63) is 64.4 Å². The van der Waals surface area contributed by atoms with Crippen molar-refractivity contribution in [1.29, 1.82) is 5.26 Å². The number of urea groups is 1. The fourth-order valence-electron chi connectivity index (χ4n) is 6.22. The molecule has 3 aliphatic rings. The predicted octanol–water partition coefficient (Wildman–Crippen LogP) is 6.13. The number of amides is 2. The molecule has 1 heterocycles. The van der Waals surface area contributed by atoms with E-state index in [1.165, 1.54) is 23.8 Å². The highest BCUT2D eigenvalue weighted by atomic mass is 35.5. The standard InChI is InChI=1S/C28H31ClF2N4O/c29-25-15-23(5-6-26(25)31)33-27(36)35(11-2-10-34-12-8-22(30)18-34)24-7-9-28(16-21(28)14-24)20-4-1-3-19(13-20)17-32/h1,3-6,13,15,21-22,24H,2,7-12,14,16,18H2,(H,33,36). The molecule has 0 aromatic heterocycles. The number of nitrogens with zero attached hydrogens (tertiary/aromatic N) is 3. The third-order valence-corrected chi connectivity index (χ3v) is 8.53. The largest absolute Gasteiger partial charge is 0.322 e. The molecule has 3 fully saturated rings. The first-order valence-corrected chi connectivity index (χ1v) is 13.2. The van der Waals surface area contributed by atoms with E-state index in [0.29, 0.717) is 36.7 Å². The van der Waals surface area contributed by atoms with Gasteiger partial charge in [0.2, 0.25) is 0 Å². The normalized spacial score (nSPS) is 27.2. The van der Waals surface area contributed by atoms with Crippen LogP contribution in [-0.4, -0.2) is 54.2 Å². The molecule has 0 radical (unpaired) electrons. The summed E-state index contributed by atoms with van der Waals surface area (Å²) in [7, 11) is 0. The molecular formula is C28H31ClF2N4O. The smallest absolute Gasteiger partial charge is 0.321 e. The van der Waals surface area contributed by atoms with E-state index in [-0.39, 0.29) is 22.5 Å². The number of rotatable bonds is 7. The lowest BCUT2D eigenvalue weighted by Gasteiger charge is -2.37. The molecule has 2 aromatic carbocycles. The van der Waals surface area contributed by atoms with Gasteiger partial charge in [-0.25, -0.2) is 13.6 Å². The number of hydrogen-bond donors (Lipinski definition) is 1. The number of carbonyl (C=O) groups excluding carboxylic acids is 1. The van der Waals surface area contributed by atoms with E-state index < -0.39 is 12.0 Å². The number of fused-ring (bicyclic) bond motifs is 1. The summed E-state index contributed by atoms with van der Waals surface area (Å²) in [6, 6.07) is 14.2. The Balaban J connectivity index is 1.27. The van der Waals surface area contributed by atoms with E-state index in [9.17, 15) is 18.8 Å². The van der Waals surface area contributed by atoms with Crippen LogP contribution in [0.3, 0.4) is 0 Å². The monoisotopic (exact) mass is 512 g/mol. The topological polar surface area (TPSA) is 59.4 Å². The first-order chi connectivity index (χ1) is 17.4. The number of alkyl halides is 1. The summed E-state index contributed by atoms with van der Waals surface area (Å²) in [5, 5.41) is 12.2. The van der Waals surface area contributed by atoms with Crippen molar-refractivity contribution in [3.8, 4) is 6.07 Å². The van der Waals surface area contributed by atoms with Crippen LogP contribution in [0.4, 0.5) is 19.3 Å². The number of hydrogen-bond acceptors (Lipinski definition) is 3. The number of anilines is 1. The van der Waals surface area contributed by atoms with E-state index in [1.807, 2.05) is 23.1 Å². The molecule has 2 saturated carbocycles. The van der Waals surface area contributed by atoms with Gasteiger partial charge in [0, 0.05) is 31.4 Å². The summed E-state index contributed by atoms with van der Waals surface area (Å²) >= 11 is 5.92. The maximum absolute atomic E-state index is 13.6. The van der Waals surface area contributed by atoms with Gasteiger partial charge in [0.25, 0.3) is 0 Å².